The van der Waals surface area contributed by atoms with Crippen molar-refractivity contribution >= 4 is 22.8 Å². The zero-order chi connectivity index (χ0) is 18.8. The van der Waals surface area contributed by atoms with Crippen molar-refractivity contribution in [3.8, 4) is 11.4 Å². The zero-order valence-corrected chi connectivity index (χ0v) is 15.0. The van der Waals surface area contributed by atoms with Gasteiger partial charge in [0.2, 0.25) is 0 Å². The monoisotopic (exact) mass is 388 g/mol. The number of aromatic nitrogens is 6. The van der Waals surface area contributed by atoms with Crippen molar-refractivity contribution in [2.75, 3.05) is 0 Å². The number of ether oxygens (including phenoxy) is 1. The van der Waals surface area contributed by atoms with E-state index in [2.05, 4.69) is 30.2 Å². The third-order valence-corrected chi connectivity index (χ3v) is 4.66. The van der Waals surface area contributed by atoms with Crippen LogP contribution in [0.15, 0.2) is 47.6 Å². The molecule has 2 aromatic heterocycles. The molecule has 0 amide bonds. The van der Waals surface area contributed by atoms with Gasteiger partial charge in [-0.15, -0.1) is 5.10 Å². The number of alkyl halides is 2. The predicted molar refractivity (Wildman–Crippen MR) is 96.2 cm³/mol. The molecule has 0 aliphatic heterocycles. The van der Waals surface area contributed by atoms with Gasteiger partial charge in [-0.05, 0) is 59.3 Å². The number of benzene rings is 2. The van der Waals surface area contributed by atoms with Crippen LogP contribution < -0.4 is 4.74 Å². The van der Waals surface area contributed by atoms with Crippen LogP contribution in [0.4, 0.5) is 8.78 Å². The summed E-state index contributed by atoms with van der Waals surface area (Å²) in [7, 11) is 0. The maximum atomic E-state index is 12.2. The molecule has 0 saturated carbocycles. The Bertz CT molecular complexity index is 1060. The Balaban J connectivity index is 1.49. The molecule has 0 atom stereocenters. The minimum atomic E-state index is -2.86. The van der Waals surface area contributed by atoms with E-state index in [-0.39, 0.29) is 5.75 Å². The average Bonchev–Trinajstić information content (AvgIpc) is 3.26. The summed E-state index contributed by atoms with van der Waals surface area (Å²) in [5, 5.41) is 12.5. The van der Waals surface area contributed by atoms with Gasteiger partial charge in [-0.3, -0.25) is 0 Å². The van der Waals surface area contributed by atoms with E-state index in [4.69, 9.17) is 0 Å². The van der Waals surface area contributed by atoms with Crippen molar-refractivity contribution in [1.82, 2.24) is 30.2 Å². The molecule has 7 nitrogen and oxygen atoms in total. The van der Waals surface area contributed by atoms with E-state index in [1.807, 2.05) is 25.1 Å². The van der Waals surface area contributed by atoms with E-state index < -0.39 is 6.61 Å². The third-order valence-electron chi connectivity index (χ3n) is 3.79. The molecule has 0 radical (unpaired) electrons. The summed E-state index contributed by atoms with van der Waals surface area (Å²) in [4.78, 5) is 7.81. The van der Waals surface area contributed by atoms with Gasteiger partial charge < -0.3 is 9.72 Å². The summed E-state index contributed by atoms with van der Waals surface area (Å²) >= 11 is 1.48. The molecule has 27 heavy (non-hydrogen) atoms. The minimum absolute atomic E-state index is 0.0790. The maximum absolute atomic E-state index is 12.2. The second-order valence-corrected chi connectivity index (χ2v) is 6.69. The molecule has 138 valence electrons. The molecule has 0 spiro atoms. The Kier molecular flexibility index (Phi) is 4.71. The number of hydrogen-bond donors (Lipinski definition) is 1. The molecule has 0 unspecified atom stereocenters. The van der Waals surface area contributed by atoms with Crippen LogP contribution in [0.25, 0.3) is 16.7 Å². The van der Waals surface area contributed by atoms with E-state index in [1.54, 1.807) is 16.8 Å². The molecule has 0 fully saturated rings. The standard InChI is InChI=1S/C17H14F2N6OS/c1-10-2-7-13-14(8-10)21-17(20-13)27-9-15-22-23-24-25(15)11-3-5-12(6-4-11)26-16(18)19/h2-8,16H,9H2,1H3,(H,20,21). The molecule has 2 heterocycles. The Morgan fingerprint density at radius 3 is 2.78 bits per heavy atom. The summed E-state index contributed by atoms with van der Waals surface area (Å²) in [5.74, 6) is 1.18. The smallest absolute Gasteiger partial charge is 0.387 e. The number of aromatic amines is 1. The molecule has 2 aromatic carbocycles. The van der Waals surface area contributed by atoms with Crippen molar-refractivity contribution in [3.63, 3.8) is 0 Å². The van der Waals surface area contributed by atoms with Crippen LogP contribution in [0.2, 0.25) is 0 Å². The average molecular weight is 388 g/mol. The lowest BCUT2D eigenvalue weighted by Gasteiger charge is -2.06. The van der Waals surface area contributed by atoms with E-state index >= 15 is 0 Å². The third kappa shape index (κ3) is 3.90. The highest BCUT2D eigenvalue weighted by Crippen LogP contribution is 2.24. The number of nitrogens with zero attached hydrogens (tertiary/aromatic N) is 5. The van der Waals surface area contributed by atoms with E-state index in [9.17, 15) is 8.78 Å². The molecule has 4 aromatic rings. The number of halogens is 2. The zero-order valence-electron chi connectivity index (χ0n) is 14.1. The van der Waals surface area contributed by atoms with Crippen molar-refractivity contribution in [1.29, 1.82) is 0 Å². The fourth-order valence-electron chi connectivity index (χ4n) is 2.57. The van der Waals surface area contributed by atoms with E-state index in [0.717, 1.165) is 21.8 Å². The highest BCUT2D eigenvalue weighted by molar-refractivity contribution is 7.98. The van der Waals surface area contributed by atoms with E-state index in [1.165, 1.54) is 23.9 Å². The van der Waals surface area contributed by atoms with Crippen LogP contribution in [0.3, 0.4) is 0 Å². The van der Waals surface area contributed by atoms with Gasteiger partial charge >= 0.3 is 6.61 Å². The number of H-pyrrole nitrogens is 1. The number of aryl methyl sites for hydroxylation is 1. The van der Waals surface area contributed by atoms with Gasteiger partial charge in [0.15, 0.2) is 11.0 Å². The van der Waals surface area contributed by atoms with Crippen molar-refractivity contribution in [2.45, 2.75) is 24.4 Å². The summed E-state index contributed by atoms with van der Waals surface area (Å²) < 4.78 is 30.4. The molecule has 0 aliphatic carbocycles. The van der Waals surface area contributed by atoms with Crippen molar-refractivity contribution in [2.24, 2.45) is 0 Å². The SMILES string of the molecule is Cc1ccc2nc(SCc3nnnn3-c3ccc(OC(F)F)cc3)[nH]c2c1. The Morgan fingerprint density at radius 2 is 2.00 bits per heavy atom. The lowest BCUT2D eigenvalue weighted by molar-refractivity contribution is -0.0498. The van der Waals surface area contributed by atoms with Gasteiger partial charge in [0, 0.05) is 0 Å². The molecule has 1 N–H and O–H groups in total. The lowest BCUT2D eigenvalue weighted by Crippen LogP contribution is -2.04. The Hall–Kier alpha value is -3.01. The first kappa shape index (κ1) is 17.4. The number of thioether (sulfide) groups is 1. The van der Waals surface area contributed by atoms with Crippen LogP contribution in [-0.4, -0.2) is 36.8 Å². The summed E-state index contributed by atoms with van der Waals surface area (Å²) in [6.07, 6.45) is 0. The second-order valence-electron chi connectivity index (χ2n) is 5.73. The molecular weight excluding hydrogens is 374 g/mol. The summed E-state index contributed by atoms with van der Waals surface area (Å²) in [5.41, 5.74) is 3.69. The normalized spacial score (nSPS) is 11.4. The molecule has 0 saturated heterocycles. The number of imidazole rings is 1. The van der Waals surface area contributed by atoms with Gasteiger partial charge in [0.1, 0.15) is 5.75 Å². The van der Waals surface area contributed by atoms with Gasteiger partial charge in [0.25, 0.3) is 0 Å². The first-order chi connectivity index (χ1) is 13.1. The highest BCUT2D eigenvalue weighted by Gasteiger charge is 2.12. The second kappa shape index (κ2) is 7.31. The number of tetrazole rings is 1. The number of rotatable bonds is 6. The van der Waals surface area contributed by atoms with Crippen LogP contribution >= 0.6 is 11.8 Å². The predicted octanol–water partition coefficient (Wildman–Crippen LogP) is 3.74. The first-order valence-electron chi connectivity index (χ1n) is 8.00. The van der Waals surface area contributed by atoms with Crippen LogP contribution in [0, 0.1) is 6.92 Å². The fraction of sp³-hybridized carbons (Fsp3) is 0.176. The molecule has 10 heteroatoms. The molecule has 4 rings (SSSR count). The largest absolute Gasteiger partial charge is 0.435 e. The van der Waals surface area contributed by atoms with Crippen LogP contribution in [0.5, 0.6) is 5.75 Å². The number of hydrogen-bond acceptors (Lipinski definition) is 6. The van der Waals surface area contributed by atoms with Gasteiger partial charge in [-0.2, -0.15) is 13.5 Å². The van der Waals surface area contributed by atoms with Crippen molar-refractivity contribution < 1.29 is 13.5 Å². The number of fused-ring (bicyclic) bond motifs is 1. The quantitative estimate of drug-likeness (QED) is 0.507. The fourth-order valence-corrected chi connectivity index (χ4v) is 3.36. The van der Waals surface area contributed by atoms with Gasteiger partial charge in [-0.25, -0.2) is 4.98 Å². The lowest BCUT2D eigenvalue weighted by atomic mass is 10.2. The Morgan fingerprint density at radius 1 is 1.19 bits per heavy atom. The van der Waals surface area contributed by atoms with Crippen molar-refractivity contribution in [3.05, 3.63) is 53.9 Å². The summed E-state index contributed by atoms with van der Waals surface area (Å²) in [6.45, 7) is -0.831. The Labute approximate surface area is 156 Å². The minimum Gasteiger partial charge on any atom is -0.435 e. The summed E-state index contributed by atoms with van der Waals surface area (Å²) in [6, 6.07) is 12.2. The van der Waals surface area contributed by atoms with E-state index in [0.29, 0.717) is 17.3 Å². The number of nitrogens with one attached hydrogen (secondary N) is 1. The highest BCUT2D eigenvalue weighted by atomic mass is 32.2. The van der Waals surface area contributed by atoms with Gasteiger partial charge in [0.05, 0.1) is 22.5 Å². The van der Waals surface area contributed by atoms with Gasteiger partial charge in [-0.1, -0.05) is 17.8 Å². The molecular formula is C17H14F2N6OS. The van der Waals surface area contributed by atoms with Crippen LogP contribution in [0.1, 0.15) is 11.4 Å². The van der Waals surface area contributed by atoms with Crippen LogP contribution in [-0.2, 0) is 5.75 Å². The first-order valence-corrected chi connectivity index (χ1v) is 8.99. The molecule has 0 aliphatic rings. The maximum Gasteiger partial charge on any atom is 0.387 e. The molecule has 0 bridgehead atoms. The topological polar surface area (TPSA) is 81.5 Å².